The number of rotatable bonds is 10. The molecule has 0 radical (unpaired) electrons. The Balaban J connectivity index is 1.49. The predicted octanol–water partition coefficient (Wildman–Crippen LogP) is 4.34. The minimum absolute atomic E-state index is 0.224. The van der Waals surface area contributed by atoms with Crippen molar-refractivity contribution < 1.29 is 23.9 Å². The summed E-state index contributed by atoms with van der Waals surface area (Å²) in [5, 5.41) is 9.05. The van der Waals surface area contributed by atoms with Crippen LogP contribution < -0.4 is 25.5 Å². The molecule has 0 heterocycles. The lowest BCUT2D eigenvalue weighted by Crippen LogP contribution is -2.32. The van der Waals surface area contributed by atoms with Crippen LogP contribution in [0.2, 0.25) is 0 Å². The lowest BCUT2D eigenvalue weighted by atomic mass is 10.2. The maximum Gasteiger partial charge on any atom is 0.329 e. The first kappa shape index (κ1) is 26.4. The zero-order valence-electron chi connectivity index (χ0n) is 19.5. The van der Waals surface area contributed by atoms with E-state index in [1.807, 2.05) is 19.1 Å². The van der Waals surface area contributed by atoms with Gasteiger partial charge in [0, 0.05) is 21.4 Å². The van der Waals surface area contributed by atoms with Gasteiger partial charge in [0.1, 0.15) is 11.5 Å². The van der Waals surface area contributed by atoms with Gasteiger partial charge in [-0.05, 0) is 67.1 Å². The molecule has 36 heavy (non-hydrogen) atoms. The van der Waals surface area contributed by atoms with Crippen molar-refractivity contribution in [3.05, 3.63) is 82.8 Å². The number of carbonyl (C=O) groups excluding carboxylic acids is 3. The van der Waals surface area contributed by atoms with Crippen molar-refractivity contribution in [2.75, 3.05) is 23.8 Å². The molecule has 3 N–H and O–H groups in total. The summed E-state index contributed by atoms with van der Waals surface area (Å²) in [6, 6.07) is 20.7. The molecule has 0 atom stereocenters. The highest BCUT2D eigenvalue weighted by Gasteiger charge is 2.13. The number of hydrazone groups is 1. The van der Waals surface area contributed by atoms with E-state index in [1.54, 1.807) is 60.7 Å². The summed E-state index contributed by atoms with van der Waals surface area (Å²) in [6.45, 7) is 2.38. The Kier molecular flexibility index (Phi) is 10.0. The highest BCUT2D eigenvalue weighted by Crippen LogP contribution is 2.18. The van der Waals surface area contributed by atoms with Crippen LogP contribution in [0.5, 0.6) is 11.5 Å². The van der Waals surface area contributed by atoms with Crippen molar-refractivity contribution in [1.82, 2.24) is 5.43 Å². The summed E-state index contributed by atoms with van der Waals surface area (Å²) in [6.07, 6.45) is 2.21. The first-order chi connectivity index (χ1) is 17.4. The van der Waals surface area contributed by atoms with Crippen molar-refractivity contribution >= 4 is 51.2 Å². The molecule has 186 valence electrons. The van der Waals surface area contributed by atoms with Crippen LogP contribution in [0.3, 0.4) is 0 Å². The Morgan fingerprint density at radius 2 is 1.53 bits per heavy atom. The normalized spacial score (nSPS) is 10.5. The topological polar surface area (TPSA) is 118 Å². The summed E-state index contributed by atoms with van der Waals surface area (Å²) in [4.78, 5) is 36.4. The van der Waals surface area contributed by atoms with E-state index >= 15 is 0 Å². The van der Waals surface area contributed by atoms with Crippen molar-refractivity contribution in [2.24, 2.45) is 5.10 Å². The Hall–Kier alpha value is -4.18. The third-order valence-corrected chi connectivity index (χ3v) is 5.10. The van der Waals surface area contributed by atoms with E-state index < -0.39 is 11.8 Å². The minimum Gasteiger partial charge on any atom is -0.494 e. The maximum absolute atomic E-state index is 12.2. The fraction of sp³-hybridized carbons (Fsp3) is 0.154. The molecular formula is C26H25BrN4O5. The molecule has 0 aliphatic rings. The minimum atomic E-state index is -0.940. The molecular weight excluding hydrogens is 528 g/mol. The molecule has 0 aromatic heterocycles. The second kappa shape index (κ2) is 13.6. The van der Waals surface area contributed by atoms with Crippen molar-refractivity contribution in [3.63, 3.8) is 0 Å². The van der Waals surface area contributed by atoms with Gasteiger partial charge in [0.15, 0.2) is 6.61 Å². The zero-order valence-corrected chi connectivity index (χ0v) is 21.1. The number of hydrogen-bond acceptors (Lipinski definition) is 6. The fourth-order valence-corrected chi connectivity index (χ4v) is 3.11. The number of halogens is 1. The summed E-state index contributed by atoms with van der Waals surface area (Å²) in [7, 11) is 0. The highest BCUT2D eigenvalue weighted by atomic mass is 79.9. The van der Waals surface area contributed by atoms with Crippen molar-refractivity contribution in [3.8, 4) is 11.5 Å². The van der Waals surface area contributed by atoms with E-state index in [1.165, 1.54) is 6.21 Å². The standard InChI is InChI=1S/C26H25BrN4O5/c1-2-15-35-22-13-11-21(12-14-22)30-25(33)26(34)31-28-16-18-5-3-4-6-23(18)36-17-24(32)29-20-9-7-19(27)8-10-20/h3-14,16H,2,15,17H2,1H3,(H,29,32)(H,30,33)(H,31,34)/b28-16-. The Morgan fingerprint density at radius 3 is 2.25 bits per heavy atom. The van der Waals surface area contributed by atoms with Gasteiger partial charge in [-0.25, -0.2) is 5.43 Å². The van der Waals surface area contributed by atoms with Gasteiger partial charge in [0.05, 0.1) is 12.8 Å². The van der Waals surface area contributed by atoms with Gasteiger partial charge in [0.2, 0.25) is 0 Å². The Morgan fingerprint density at radius 1 is 0.861 bits per heavy atom. The SMILES string of the molecule is CCCOc1ccc(NC(=O)C(=O)N/N=C\c2ccccc2OCC(=O)Nc2ccc(Br)cc2)cc1. The number of ether oxygens (including phenoxy) is 2. The second-order valence-corrected chi connectivity index (χ2v) is 8.32. The number of para-hydroxylation sites is 1. The quantitative estimate of drug-likeness (QED) is 0.196. The molecule has 0 spiro atoms. The van der Waals surface area contributed by atoms with Gasteiger partial charge in [0.25, 0.3) is 5.91 Å². The van der Waals surface area contributed by atoms with E-state index in [2.05, 4.69) is 37.1 Å². The van der Waals surface area contributed by atoms with Gasteiger partial charge >= 0.3 is 11.8 Å². The van der Waals surface area contributed by atoms with Crippen LogP contribution >= 0.6 is 15.9 Å². The van der Waals surface area contributed by atoms with E-state index in [0.717, 1.165) is 10.9 Å². The molecule has 3 amide bonds. The van der Waals surface area contributed by atoms with Gasteiger partial charge in [-0.1, -0.05) is 35.0 Å². The van der Waals surface area contributed by atoms with Crippen LogP contribution in [0, 0.1) is 0 Å². The molecule has 3 aromatic rings. The average molecular weight is 553 g/mol. The lowest BCUT2D eigenvalue weighted by molar-refractivity contribution is -0.136. The van der Waals surface area contributed by atoms with Crippen molar-refractivity contribution in [1.29, 1.82) is 0 Å². The smallest absolute Gasteiger partial charge is 0.329 e. The van der Waals surface area contributed by atoms with Gasteiger partial charge in [-0.2, -0.15) is 5.10 Å². The van der Waals surface area contributed by atoms with E-state index in [9.17, 15) is 14.4 Å². The maximum atomic E-state index is 12.2. The van der Waals surface area contributed by atoms with Crippen LogP contribution in [0.1, 0.15) is 18.9 Å². The molecule has 0 aliphatic carbocycles. The predicted molar refractivity (Wildman–Crippen MR) is 141 cm³/mol. The second-order valence-electron chi connectivity index (χ2n) is 7.41. The van der Waals surface area contributed by atoms with Gasteiger partial charge in [-0.3, -0.25) is 14.4 Å². The third kappa shape index (κ3) is 8.55. The molecule has 10 heteroatoms. The molecule has 3 rings (SSSR count). The number of benzene rings is 3. The number of amides is 3. The number of carbonyl (C=O) groups is 3. The fourth-order valence-electron chi connectivity index (χ4n) is 2.85. The highest BCUT2D eigenvalue weighted by molar-refractivity contribution is 9.10. The number of anilines is 2. The van der Waals surface area contributed by atoms with E-state index in [4.69, 9.17) is 9.47 Å². The molecule has 0 saturated heterocycles. The van der Waals surface area contributed by atoms with Crippen LogP contribution in [0.15, 0.2) is 82.4 Å². The number of hydrogen-bond donors (Lipinski definition) is 3. The third-order valence-electron chi connectivity index (χ3n) is 4.57. The van der Waals surface area contributed by atoms with Crippen LogP contribution in [0.25, 0.3) is 0 Å². The molecule has 0 fully saturated rings. The Labute approximate surface area is 217 Å². The van der Waals surface area contributed by atoms with Crippen LogP contribution in [-0.2, 0) is 14.4 Å². The van der Waals surface area contributed by atoms with Crippen molar-refractivity contribution in [2.45, 2.75) is 13.3 Å². The number of nitrogens with one attached hydrogen (secondary N) is 3. The first-order valence-corrected chi connectivity index (χ1v) is 11.9. The van der Waals surface area contributed by atoms with E-state index in [-0.39, 0.29) is 12.5 Å². The summed E-state index contributed by atoms with van der Waals surface area (Å²) < 4.78 is 12.0. The largest absolute Gasteiger partial charge is 0.494 e. The molecule has 0 unspecified atom stereocenters. The molecule has 0 aliphatic heterocycles. The van der Waals surface area contributed by atoms with Crippen LogP contribution in [-0.4, -0.2) is 37.1 Å². The molecule has 3 aromatic carbocycles. The Bertz CT molecular complexity index is 1210. The van der Waals surface area contributed by atoms with Gasteiger partial charge < -0.3 is 20.1 Å². The lowest BCUT2D eigenvalue weighted by Gasteiger charge is -2.09. The monoisotopic (exact) mass is 552 g/mol. The molecule has 9 nitrogen and oxygen atoms in total. The molecule has 0 saturated carbocycles. The first-order valence-electron chi connectivity index (χ1n) is 11.1. The zero-order chi connectivity index (χ0) is 25.8. The summed E-state index contributed by atoms with van der Waals surface area (Å²) in [5.74, 6) is -1.08. The van der Waals surface area contributed by atoms with Gasteiger partial charge in [-0.15, -0.1) is 0 Å². The average Bonchev–Trinajstić information content (AvgIpc) is 2.89. The molecule has 0 bridgehead atoms. The number of nitrogens with zero attached hydrogens (tertiary/aromatic N) is 1. The summed E-state index contributed by atoms with van der Waals surface area (Å²) in [5.41, 5.74) is 3.78. The van der Waals surface area contributed by atoms with E-state index in [0.29, 0.717) is 35.0 Å². The van der Waals surface area contributed by atoms with Crippen LogP contribution in [0.4, 0.5) is 11.4 Å². The summed E-state index contributed by atoms with van der Waals surface area (Å²) >= 11 is 3.34.